The molecule has 0 saturated carbocycles. The number of rotatable bonds is 5. The van der Waals surface area contributed by atoms with Crippen molar-refractivity contribution in [2.45, 2.75) is 26.7 Å². The summed E-state index contributed by atoms with van der Waals surface area (Å²) in [5, 5.41) is 3.24. The molecule has 1 atom stereocenters. The van der Waals surface area contributed by atoms with Crippen LogP contribution in [0.15, 0.2) is 18.2 Å². The molecule has 110 valence electrons. The zero-order valence-electron chi connectivity index (χ0n) is 12.6. The van der Waals surface area contributed by atoms with Crippen LogP contribution in [0.4, 0.5) is 5.69 Å². The van der Waals surface area contributed by atoms with Crippen molar-refractivity contribution in [3.63, 3.8) is 0 Å². The number of hydrogen-bond donors (Lipinski definition) is 1. The van der Waals surface area contributed by atoms with Crippen molar-refractivity contribution in [2.75, 3.05) is 31.6 Å². The first-order valence-corrected chi connectivity index (χ1v) is 7.37. The molecule has 1 aromatic rings. The Bertz CT molecular complexity index is 459. The number of anilines is 1. The van der Waals surface area contributed by atoms with Crippen LogP contribution in [0.3, 0.4) is 0 Å². The van der Waals surface area contributed by atoms with Crippen LogP contribution in [-0.4, -0.2) is 32.7 Å². The van der Waals surface area contributed by atoms with Crippen LogP contribution >= 0.6 is 0 Å². The summed E-state index contributed by atoms with van der Waals surface area (Å²) in [6, 6.07) is 6.01. The lowest BCUT2D eigenvalue weighted by atomic mass is 9.99. The van der Waals surface area contributed by atoms with Gasteiger partial charge >= 0.3 is 0 Å². The molecule has 0 aliphatic carbocycles. The molecule has 0 fully saturated rings. The Morgan fingerprint density at radius 1 is 1.50 bits per heavy atom. The van der Waals surface area contributed by atoms with Crippen LogP contribution in [0.2, 0.25) is 0 Å². The van der Waals surface area contributed by atoms with Gasteiger partial charge in [0.15, 0.2) is 0 Å². The Balaban J connectivity index is 2.25. The number of nitrogens with zero attached hydrogens (tertiary/aromatic N) is 1. The molecule has 0 aromatic heterocycles. The maximum Gasteiger partial charge on any atom is 0.231 e. The molecule has 20 heavy (non-hydrogen) atoms. The molecule has 0 radical (unpaired) electrons. The zero-order chi connectivity index (χ0) is 14.5. The summed E-state index contributed by atoms with van der Waals surface area (Å²) in [5.74, 6) is 0.952. The van der Waals surface area contributed by atoms with Crippen LogP contribution in [0.1, 0.15) is 25.8 Å². The van der Waals surface area contributed by atoms with Crippen molar-refractivity contribution in [1.82, 2.24) is 5.32 Å². The molecule has 1 aliphatic rings. The van der Waals surface area contributed by atoms with Crippen molar-refractivity contribution in [3.8, 4) is 5.75 Å². The molecule has 1 aliphatic heterocycles. The molecule has 2 rings (SSSR count). The van der Waals surface area contributed by atoms with Gasteiger partial charge in [0.2, 0.25) is 5.91 Å². The molecule has 0 bridgehead atoms. The minimum atomic E-state index is -0.0224. The van der Waals surface area contributed by atoms with Crippen LogP contribution in [-0.2, 0) is 11.2 Å². The fourth-order valence-electron chi connectivity index (χ4n) is 2.71. The number of hydrogen-bond acceptors (Lipinski definition) is 3. The Labute approximate surface area is 121 Å². The Hall–Kier alpha value is -1.55. The fourth-order valence-corrected chi connectivity index (χ4v) is 2.71. The summed E-state index contributed by atoms with van der Waals surface area (Å²) >= 11 is 0. The second-order valence-electron chi connectivity index (χ2n) is 5.27. The van der Waals surface area contributed by atoms with Gasteiger partial charge in [0.1, 0.15) is 5.75 Å². The third-order valence-electron chi connectivity index (χ3n) is 3.79. The van der Waals surface area contributed by atoms with Crippen LogP contribution in [0, 0.1) is 5.92 Å². The molecule has 1 heterocycles. The first-order chi connectivity index (χ1) is 9.69. The van der Waals surface area contributed by atoms with Crippen LogP contribution < -0.4 is 15.0 Å². The summed E-state index contributed by atoms with van der Waals surface area (Å²) in [6.45, 7) is 6.42. The number of ether oxygens (including phenoxy) is 1. The number of carbonyl (C=O) groups excluding carboxylic acids is 1. The number of benzene rings is 1. The Morgan fingerprint density at radius 2 is 2.30 bits per heavy atom. The van der Waals surface area contributed by atoms with Crippen LogP contribution in [0.25, 0.3) is 0 Å². The number of aryl methyl sites for hydroxylation is 1. The number of methoxy groups -OCH3 is 1. The molecule has 4 nitrogen and oxygen atoms in total. The predicted octanol–water partition coefficient (Wildman–Crippen LogP) is 2.22. The SMILES string of the molecule is CCNCC(C)C(=O)N1CCCc2cccc(OC)c21. The maximum atomic E-state index is 12.7. The van der Waals surface area contributed by atoms with Crippen molar-refractivity contribution < 1.29 is 9.53 Å². The predicted molar refractivity (Wildman–Crippen MR) is 81.4 cm³/mol. The quantitative estimate of drug-likeness (QED) is 0.896. The lowest BCUT2D eigenvalue weighted by molar-refractivity contribution is -0.121. The molecule has 0 spiro atoms. The second kappa shape index (κ2) is 6.75. The molecule has 1 amide bonds. The van der Waals surface area contributed by atoms with Gasteiger partial charge in [-0.05, 0) is 31.0 Å². The first kappa shape index (κ1) is 14.9. The van der Waals surface area contributed by atoms with Gasteiger partial charge in [-0.25, -0.2) is 0 Å². The molecule has 1 unspecified atom stereocenters. The summed E-state index contributed by atoms with van der Waals surface area (Å²) in [7, 11) is 1.66. The highest BCUT2D eigenvalue weighted by molar-refractivity contribution is 5.97. The summed E-state index contributed by atoms with van der Waals surface area (Å²) in [4.78, 5) is 14.6. The normalized spacial score (nSPS) is 15.7. The van der Waals surface area contributed by atoms with Gasteiger partial charge in [-0.3, -0.25) is 4.79 Å². The highest BCUT2D eigenvalue weighted by Crippen LogP contribution is 2.36. The number of nitrogens with one attached hydrogen (secondary N) is 1. The van der Waals surface area contributed by atoms with E-state index < -0.39 is 0 Å². The van der Waals surface area contributed by atoms with Crippen molar-refractivity contribution >= 4 is 11.6 Å². The molecular weight excluding hydrogens is 252 g/mol. The number of fused-ring (bicyclic) bond motifs is 1. The van der Waals surface area contributed by atoms with Crippen molar-refractivity contribution in [3.05, 3.63) is 23.8 Å². The van der Waals surface area contributed by atoms with Gasteiger partial charge in [-0.15, -0.1) is 0 Å². The van der Waals surface area contributed by atoms with Crippen molar-refractivity contribution in [1.29, 1.82) is 0 Å². The van der Waals surface area contributed by atoms with Gasteiger partial charge in [0.25, 0.3) is 0 Å². The average molecular weight is 276 g/mol. The first-order valence-electron chi connectivity index (χ1n) is 7.37. The third-order valence-corrected chi connectivity index (χ3v) is 3.79. The Kier molecular flexibility index (Phi) is 5.01. The van der Waals surface area contributed by atoms with Gasteiger partial charge in [-0.1, -0.05) is 26.0 Å². The smallest absolute Gasteiger partial charge is 0.231 e. The van der Waals surface area contributed by atoms with Gasteiger partial charge in [-0.2, -0.15) is 0 Å². The van der Waals surface area contributed by atoms with E-state index in [1.807, 2.05) is 24.0 Å². The summed E-state index contributed by atoms with van der Waals surface area (Å²) < 4.78 is 5.44. The van der Waals surface area contributed by atoms with Crippen LogP contribution in [0.5, 0.6) is 5.75 Å². The fraction of sp³-hybridized carbons (Fsp3) is 0.562. The lowest BCUT2D eigenvalue weighted by Gasteiger charge is -2.32. The van der Waals surface area contributed by atoms with E-state index >= 15 is 0 Å². The third kappa shape index (κ3) is 2.96. The summed E-state index contributed by atoms with van der Waals surface area (Å²) in [6.07, 6.45) is 2.03. The average Bonchev–Trinajstić information content (AvgIpc) is 2.50. The monoisotopic (exact) mass is 276 g/mol. The largest absolute Gasteiger partial charge is 0.495 e. The number of carbonyl (C=O) groups is 1. The zero-order valence-corrected chi connectivity index (χ0v) is 12.6. The minimum absolute atomic E-state index is 0.0224. The van der Waals surface area contributed by atoms with Crippen molar-refractivity contribution in [2.24, 2.45) is 5.92 Å². The van der Waals surface area contributed by atoms with E-state index in [2.05, 4.69) is 18.3 Å². The van der Waals surface area contributed by atoms with E-state index in [9.17, 15) is 4.79 Å². The molecule has 1 aromatic carbocycles. The van der Waals surface area contributed by atoms with E-state index in [1.165, 1.54) is 5.56 Å². The standard InChI is InChI=1S/C16H24N2O2/c1-4-17-11-12(2)16(19)18-10-6-8-13-7-5-9-14(20-3)15(13)18/h5,7,9,12,17H,4,6,8,10-11H2,1-3H3. The number of amides is 1. The van der Waals surface area contributed by atoms with E-state index in [0.717, 1.165) is 43.9 Å². The van der Waals surface area contributed by atoms with Gasteiger partial charge in [0, 0.05) is 19.0 Å². The van der Waals surface area contributed by atoms with Gasteiger partial charge < -0.3 is 15.0 Å². The topological polar surface area (TPSA) is 41.6 Å². The van der Waals surface area contributed by atoms with Gasteiger partial charge in [0.05, 0.1) is 12.8 Å². The highest BCUT2D eigenvalue weighted by Gasteiger charge is 2.28. The summed E-state index contributed by atoms with van der Waals surface area (Å²) in [5.41, 5.74) is 2.18. The Morgan fingerprint density at radius 3 is 3.00 bits per heavy atom. The molecule has 1 N–H and O–H groups in total. The molecular formula is C16H24N2O2. The minimum Gasteiger partial charge on any atom is -0.495 e. The van der Waals surface area contributed by atoms with E-state index in [1.54, 1.807) is 7.11 Å². The lowest BCUT2D eigenvalue weighted by Crippen LogP contribution is -2.42. The van der Waals surface area contributed by atoms with E-state index in [0.29, 0.717) is 0 Å². The molecule has 0 saturated heterocycles. The molecule has 4 heteroatoms. The van der Waals surface area contributed by atoms with E-state index in [4.69, 9.17) is 4.74 Å². The highest BCUT2D eigenvalue weighted by atomic mass is 16.5. The second-order valence-corrected chi connectivity index (χ2v) is 5.27. The maximum absolute atomic E-state index is 12.7. The van der Waals surface area contributed by atoms with E-state index in [-0.39, 0.29) is 11.8 Å². The number of para-hydroxylation sites is 1.